The Morgan fingerprint density at radius 2 is 2.00 bits per heavy atom. The Morgan fingerprint density at radius 3 is 2.62 bits per heavy atom. The van der Waals surface area contributed by atoms with Crippen LogP contribution in [0, 0.1) is 0 Å². The first-order chi connectivity index (χ1) is 11.2. The van der Waals surface area contributed by atoms with E-state index in [0.29, 0.717) is 5.69 Å². The van der Waals surface area contributed by atoms with E-state index in [4.69, 9.17) is 0 Å². The molecule has 0 aliphatic carbocycles. The van der Waals surface area contributed by atoms with Crippen molar-refractivity contribution in [2.24, 2.45) is 0 Å². The second-order valence-electron chi connectivity index (χ2n) is 5.27. The minimum absolute atomic E-state index is 0.0147. The number of rotatable bonds is 5. The zero-order valence-corrected chi connectivity index (χ0v) is 14.2. The zero-order valence-electron chi connectivity index (χ0n) is 13.4. The van der Waals surface area contributed by atoms with Crippen LogP contribution in [0.25, 0.3) is 5.69 Å². The van der Waals surface area contributed by atoms with Gasteiger partial charge in [0.15, 0.2) is 15.5 Å². The summed E-state index contributed by atoms with van der Waals surface area (Å²) in [4.78, 5) is 29.5. The first-order valence-electron chi connectivity index (χ1n) is 6.83. The molecule has 0 radical (unpaired) electrons. The van der Waals surface area contributed by atoms with E-state index in [1.54, 1.807) is 19.0 Å². The molecule has 2 aromatic rings. The lowest BCUT2D eigenvalue weighted by Crippen LogP contribution is -2.20. The Kier molecular flexibility index (Phi) is 4.93. The molecule has 0 spiro atoms. The number of carbonyl (C=O) groups excluding carboxylic acids is 1. The molecule has 126 valence electrons. The van der Waals surface area contributed by atoms with Gasteiger partial charge in [-0.3, -0.25) is 14.6 Å². The van der Waals surface area contributed by atoms with Crippen molar-refractivity contribution in [1.29, 1.82) is 0 Å². The van der Waals surface area contributed by atoms with Crippen LogP contribution in [0.5, 0.6) is 0 Å². The maximum Gasteiger partial charge on any atom is 0.211 e. The van der Waals surface area contributed by atoms with Crippen LogP contribution < -0.4 is 5.43 Å². The normalized spacial score (nSPS) is 11.6. The summed E-state index contributed by atoms with van der Waals surface area (Å²) in [5, 5.41) is 3.99. The predicted molar refractivity (Wildman–Crippen MR) is 87.9 cm³/mol. The topological polar surface area (TPSA) is 102 Å². The van der Waals surface area contributed by atoms with Crippen LogP contribution in [0.1, 0.15) is 10.5 Å². The van der Waals surface area contributed by atoms with Crippen molar-refractivity contribution < 1.29 is 13.2 Å². The highest BCUT2D eigenvalue weighted by Crippen LogP contribution is 2.12. The minimum atomic E-state index is -3.44. The van der Waals surface area contributed by atoms with Crippen LogP contribution in [0.15, 0.2) is 52.7 Å². The van der Waals surface area contributed by atoms with Crippen LogP contribution in [0.2, 0.25) is 0 Å². The molecule has 0 fully saturated rings. The van der Waals surface area contributed by atoms with Crippen molar-refractivity contribution in [2.45, 2.75) is 4.90 Å². The fourth-order valence-corrected chi connectivity index (χ4v) is 2.34. The molecule has 2 aromatic heterocycles. The van der Waals surface area contributed by atoms with Gasteiger partial charge in [0.1, 0.15) is 0 Å². The lowest BCUT2D eigenvalue weighted by molar-refractivity contribution is 0.103. The SMILES string of the molecule is CN(C)C=CC(=O)c1nn(-c2cncc(S(C)(=O)=O)c2)ccc1=O. The molecular formula is C15H16N4O4S. The lowest BCUT2D eigenvalue weighted by Gasteiger charge is -2.07. The van der Waals surface area contributed by atoms with E-state index >= 15 is 0 Å². The monoisotopic (exact) mass is 348 g/mol. The third kappa shape index (κ3) is 4.13. The van der Waals surface area contributed by atoms with Crippen molar-refractivity contribution in [3.05, 3.63) is 58.9 Å². The van der Waals surface area contributed by atoms with E-state index < -0.39 is 21.0 Å². The number of sulfone groups is 1. The molecule has 0 aromatic carbocycles. The standard InChI is InChI=1S/C15H16N4O4S/c1-18(2)6-4-13(20)15-14(21)5-7-19(17-15)11-8-12(10-16-9-11)24(3,22)23/h4-10H,1-3H3. The maximum atomic E-state index is 12.1. The number of pyridine rings is 1. The molecule has 0 aliphatic heterocycles. The van der Waals surface area contributed by atoms with Crippen molar-refractivity contribution >= 4 is 15.6 Å². The van der Waals surface area contributed by atoms with E-state index in [-0.39, 0.29) is 10.6 Å². The Labute approximate surface area is 139 Å². The average molecular weight is 348 g/mol. The highest BCUT2D eigenvalue weighted by Gasteiger charge is 2.13. The molecule has 0 unspecified atom stereocenters. The molecule has 0 saturated carbocycles. The number of ketones is 1. The molecule has 24 heavy (non-hydrogen) atoms. The van der Waals surface area contributed by atoms with Crippen LogP contribution in [-0.2, 0) is 9.84 Å². The molecule has 0 amide bonds. The van der Waals surface area contributed by atoms with Gasteiger partial charge in [0, 0.05) is 51.1 Å². The number of allylic oxidation sites excluding steroid dienone is 1. The van der Waals surface area contributed by atoms with E-state index in [2.05, 4.69) is 10.1 Å². The quantitative estimate of drug-likeness (QED) is 0.565. The van der Waals surface area contributed by atoms with E-state index in [1.165, 1.54) is 47.7 Å². The second kappa shape index (κ2) is 6.75. The van der Waals surface area contributed by atoms with Crippen LogP contribution in [0.3, 0.4) is 0 Å². The van der Waals surface area contributed by atoms with Gasteiger partial charge in [0.05, 0.1) is 16.8 Å². The molecular weight excluding hydrogens is 332 g/mol. The predicted octanol–water partition coefficient (Wildman–Crippen LogP) is 0.289. The van der Waals surface area contributed by atoms with Crippen LogP contribution in [0.4, 0.5) is 0 Å². The fourth-order valence-electron chi connectivity index (χ4n) is 1.75. The van der Waals surface area contributed by atoms with Gasteiger partial charge < -0.3 is 4.90 Å². The second-order valence-corrected chi connectivity index (χ2v) is 7.28. The number of hydrogen-bond acceptors (Lipinski definition) is 7. The lowest BCUT2D eigenvalue weighted by atomic mass is 10.2. The summed E-state index contributed by atoms with van der Waals surface area (Å²) in [6.45, 7) is 0. The van der Waals surface area contributed by atoms with Gasteiger partial charge in [-0.05, 0) is 6.07 Å². The average Bonchev–Trinajstić information content (AvgIpc) is 2.52. The summed E-state index contributed by atoms with van der Waals surface area (Å²) in [6.07, 6.45) is 7.75. The minimum Gasteiger partial charge on any atom is -0.383 e. The van der Waals surface area contributed by atoms with Crippen LogP contribution in [-0.4, -0.2) is 54.2 Å². The molecule has 2 rings (SSSR count). The maximum absolute atomic E-state index is 12.1. The summed E-state index contributed by atoms with van der Waals surface area (Å²) in [6, 6.07) is 2.56. The molecule has 0 atom stereocenters. The van der Waals surface area contributed by atoms with E-state index in [1.807, 2.05) is 0 Å². The third-order valence-electron chi connectivity index (χ3n) is 2.96. The zero-order chi connectivity index (χ0) is 17.9. The molecule has 0 saturated heterocycles. The van der Waals surface area contributed by atoms with Crippen molar-refractivity contribution in [3.63, 3.8) is 0 Å². The smallest absolute Gasteiger partial charge is 0.211 e. The largest absolute Gasteiger partial charge is 0.383 e. The molecule has 9 heteroatoms. The Bertz CT molecular complexity index is 961. The van der Waals surface area contributed by atoms with Gasteiger partial charge >= 0.3 is 0 Å². The summed E-state index contributed by atoms with van der Waals surface area (Å²) in [7, 11) is 0.0428. The van der Waals surface area contributed by atoms with E-state index in [0.717, 1.165) is 6.26 Å². The Hall–Kier alpha value is -2.81. The number of hydrogen-bond donors (Lipinski definition) is 0. The Morgan fingerprint density at radius 1 is 1.29 bits per heavy atom. The molecule has 0 aliphatic rings. The van der Waals surface area contributed by atoms with E-state index in [9.17, 15) is 18.0 Å². The van der Waals surface area contributed by atoms with Crippen LogP contribution >= 0.6 is 0 Å². The van der Waals surface area contributed by atoms with Crippen molar-refractivity contribution in [3.8, 4) is 5.69 Å². The number of aromatic nitrogens is 3. The number of nitrogens with zero attached hydrogens (tertiary/aromatic N) is 4. The van der Waals surface area contributed by atoms with Crippen molar-refractivity contribution in [2.75, 3.05) is 20.4 Å². The van der Waals surface area contributed by atoms with Gasteiger partial charge in [-0.25, -0.2) is 13.1 Å². The van der Waals surface area contributed by atoms with Crippen molar-refractivity contribution in [1.82, 2.24) is 19.7 Å². The molecule has 0 N–H and O–H groups in total. The summed E-state index contributed by atoms with van der Waals surface area (Å²) < 4.78 is 24.5. The molecule has 2 heterocycles. The fraction of sp³-hybridized carbons (Fsp3) is 0.200. The van der Waals surface area contributed by atoms with Gasteiger partial charge in [0.2, 0.25) is 11.2 Å². The van der Waals surface area contributed by atoms with Gasteiger partial charge in [0.25, 0.3) is 0 Å². The first-order valence-corrected chi connectivity index (χ1v) is 8.72. The Balaban J connectivity index is 2.49. The summed E-state index contributed by atoms with van der Waals surface area (Å²) in [5.74, 6) is -0.546. The highest BCUT2D eigenvalue weighted by atomic mass is 32.2. The first kappa shape index (κ1) is 17.5. The molecule has 8 nitrogen and oxygen atoms in total. The number of carbonyl (C=O) groups is 1. The molecule has 0 bridgehead atoms. The third-order valence-corrected chi connectivity index (χ3v) is 4.04. The van der Waals surface area contributed by atoms with Gasteiger partial charge in [-0.15, -0.1) is 0 Å². The van der Waals surface area contributed by atoms with Gasteiger partial charge in [-0.1, -0.05) is 0 Å². The summed E-state index contributed by atoms with van der Waals surface area (Å²) in [5.41, 5.74) is -0.462. The summed E-state index contributed by atoms with van der Waals surface area (Å²) >= 11 is 0. The highest BCUT2D eigenvalue weighted by molar-refractivity contribution is 7.90. The van der Waals surface area contributed by atoms with Gasteiger partial charge in [-0.2, -0.15) is 5.10 Å².